The maximum Gasteiger partial charge on any atom is 0.233 e. The summed E-state index contributed by atoms with van der Waals surface area (Å²) in [7, 11) is 0. The Morgan fingerprint density at radius 1 is 0.700 bits per heavy atom. The Balaban J connectivity index is 0.000000199. The number of imide groups is 1. The normalized spacial score (nSPS) is 21.4. The molecule has 1 saturated heterocycles. The van der Waals surface area contributed by atoms with E-state index in [2.05, 4.69) is 60.7 Å². The van der Waals surface area contributed by atoms with Gasteiger partial charge in [-0.15, -0.1) is 0 Å². The van der Waals surface area contributed by atoms with Gasteiger partial charge in [0.05, 0.1) is 0 Å². The molecule has 162 valence electrons. The van der Waals surface area contributed by atoms with Crippen molar-refractivity contribution in [3.05, 3.63) is 71.8 Å². The second-order valence-corrected chi connectivity index (χ2v) is 8.06. The fraction of sp³-hybridized carbons (Fsp3) is 0.481. The number of rotatable bonds is 3. The van der Waals surface area contributed by atoms with E-state index in [1.165, 1.54) is 17.5 Å². The molecule has 2 aromatic carbocycles. The SMILES string of the molecule is CC.CC1C(=O)N(C2CCCCC2)C(=O)C1C.c1ccc(Cc2ccccc2)cc1. The molecule has 2 aromatic rings. The predicted octanol–water partition coefficient (Wildman–Crippen LogP) is 6.26. The lowest BCUT2D eigenvalue weighted by molar-refractivity contribution is -0.143. The minimum absolute atomic E-state index is 0.0550. The molecule has 3 nitrogen and oxygen atoms in total. The van der Waals surface area contributed by atoms with Crippen molar-refractivity contribution in [1.82, 2.24) is 4.90 Å². The number of carbonyl (C=O) groups is 2. The lowest BCUT2D eigenvalue weighted by Gasteiger charge is -2.29. The van der Waals surface area contributed by atoms with Crippen LogP contribution in [-0.4, -0.2) is 22.8 Å². The highest BCUT2D eigenvalue weighted by Gasteiger charge is 2.45. The molecule has 30 heavy (non-hydrogen) atoms. The Morgan fingerprint density at radius 3 is 1.50 bits per heavy atom. The second kappa shape index (κ2) is 12.3. The third kappa shape index (κ3) is 6.29. The van der Waals surface area contributed by atoms with E-state index in [0.717, 1.165) is 32.1 Å². The Kier molecular flexibility index (Phi) is 9.79. The minimum atomic E-state index is -0.112. The summed E-state index contributed by atoms with van der Waals surface area (Å²) in [6.07, 6.45) is 6.61. The Morgan fingerprint density at radius 2 is 1.10 bits per heavy atom. The topological polar surface area (TPSA) is 37.4 Å². The molecular formula is C27H37NO2. The summed E-state index contributed by atoms with van der Waals surface area (Å²) in [5, 5.41) is 0. The van der Waals surface area contributed by atoms with Crippen LogP contribution in [0.3, 0.4) is 0 Å². The average molecular weight is 408 g/mol. The van der Waals surface area contributed by atoms with E-state index in [1.54, 1.807) is 4.90 Å². The van der Waals surface area contributed by atoms with Crippen LogP contribution < -0.4 is 0 Å². The van der Waals surface area contributed by atoms with Crippen molar-refractivity contribution in [2.24, 2.45) is 11.8 Å². The van der Waals surface area contributed by atoms with E-state index in [9.17, 15) is 9.59 Å². The zero-order chi connectivity index (χ0) is 21.9. The summed E-state index contributed by atoms with van der Waals surface area (Å²) in [5.74, 6) is -0.113. The van der Waals surface area contributed by atoms with Gasteiger partial charge in [0.25, 0.3) is 0 Å². The van der Waals surface area contributed by atoms with Crippen molar-refractivity contribution < 1.29 is 9.59 Å². The van der Waals surface area contributed by atoms with Gasteiger partial charge in [0.2, 0.25) is 11.8 Å². The van der Waals surface area contributed by atoms with Crippen LogP contribution in [0.2, 0.25) is 0 Å². The number of benzene rings is 2. The van der Waals surface area contributed by atoms with Crippen LogP contribution in [0, 0.1) is 11.8 Å². The molecule has 0 bridgehead atoms. The molecule has 2 unspecified atom stereocenters. The summed E-state index contributed by atoms with van der Waals surface area (Å²) in [6.45, 7) is 7.74. The number of carbonyl (C=O) groups excluding carboxylic acids is 2. The van der Waals surface area contributed by atoms with Gasteiger partial charge in [-0.25, -0.2) is 0 Å². The Hall–Kier alpha value is -2.42. The molecule has 0 N–H and O–H groups in total. The Bertz CT molecular complexity index is 708. The first kappa shape index (κ1) is 23.9. The third-order valence-corrected chi connectivity index (χ3v) is 6.04. The molecule has 0 spiro atoms. The van der Waals surface area contributed by atoms with Crippen LogP contribution in [0.4, 0.5) is 0 Å². The summed E-state index contributed by atoms with van der Waals surface area (Å²) < 4.78 is 0. The molecule has 0 aromatic heterocycles. The maximum absolute atomic E-state index is 11.9. The zero-order valence-electron chi connectivity index (χ0n) is 19.0. The van der Waals surface area contributed by atoms with Crippen molar-refractivity contribution in [3.63, 3.8) is 0 Å². The molecule has 3 heteroatoms. The van der Waals surface area contributed by atoms with Crippen molar-refractivity contribution in [2.45, 2.75) is 72.3 Å². The van der Waals surface area contributed by atoms with Gasteiger partial charge in [-0.1, -0.05) is 108 Å². The monoisotopic (exact) mass is 407 g/mol. The molecule has 1 aliphatic carbocycles. The highest BCUT2D eigenvalue weighted by Crippen LogP contribution is 2.32. The minimum Gasteiger partial charge on any atom is -0.279 e. The molecule has 4 rings (SSSR count). The summed E-state index contributed by atoms with van der Waals surface area (Å²) in [6, 6.07) is 21.3. The molecule has 2 amide bonds. The average Bonchev–Trinajstić information content (AvgIpc) is 3.00. The number of likely N-dealkylation sites (tertiary alicyclic amines) is 1. The molecule has 0 radical (unpaired) electrons. The molecule has 2 fully saturated rings. The number of hydrogen-bond acceptors (Lipinski definition) is 2. The van der Waals surface area contributed by atoms with Gasteiger partial charge in [-0.05, 0) is 30.4 Å². The third-order valence-electron chi connectivity index (χ3n) is 6.04. The second-order valence-electron chi connectivity index (χ2n) is 8.06. The van der Waals surface area contributed by atoms with Crippen molar-refractivity contribution in [2.75, 3.05) is 0 Å². The number of amides is 2. The highest BCUT2D eigenvalue weighted by molar-refractivity contribution is 6.05. The molecule has 1 aliphatic heterocycles. The summed E-state index contributed by atoms with van der Waals surface area (Å²) in [4.78, 5) is 25.4. The lowest BCUT2D eigenvalue weighted by Crippen LogP contribution is -2.41. The van der Waals surface area contributed by atoms with E-state index in [4.69, 9.17) is 0 Å². The van der Waals surface area contributed by atoms with Gasteiger partial charge in [0.15, 0.2) is 0 Å². The van der Waals surface area contributed by atoms with Crippen molar-refractivity contribution in [1.29, 1.82) is 0 Å². The fourth-order valence-electron chi connectivity index (χ4n) is 4.10. The first-order chi connectivity index (χ1) is 14.6. The molecule has 2 atom stereocenters. The quantitative estimate of drug-likeness (QED) is 0.563. The largest absolute Gasteiger partial charge is 0.279 e. The number of nitrogens with zero attached hydrogens (tertiary/aromatic N) is 1. The van der Waals surface area contributed by atoms with Gasteiger partial charge >= 0.3 is 0 Å². The Labute approximate surface area is 182 Å². The van der Waals surface area contributed by atoms with Gasteiger partial charge in [0.1, 0.15) is 0 Å². The summed E-state index contributed by atoms with van der Waals surface area (Å²) in [5.41, 5.74) is 2.74. The first-order valence-corrected chi connectivity index (χ1v) is 11.5. The standard InChI is InChI=1S/C13H12.C12H19NO2.C2H6/c1-3-7-12(8-4-1)11-13-9-5-2-6-10-13;1-8-9(2)12(15)13(11(8)14)10-6-4-3-5-7-10;1-2/h1-10H,11H2;8-10H,3-7H2,1-2H3;1-2H3. The van der Waals surface area contributed by atoms with Crippen LogP contribution in [0.5, 0.6) is 0 Å². The van der Waals surface area contributed by atoms with E-state index < -0.39 is 0 Å². The molecule has 2 aliphatic rings. The molecular weight excluding hydrogens is 370 g/mol. The molecule has 1 saturated carbocycles. The lowest BCUT2D eigenvalue weighted by atomic mass is 9.94. The predicted molar refractivity (Wildman–Crippen MR) is 124 cm³/mol. The smallest absolute Gasteiger partial charge is 0.233 e. The van der Waals surface area contributed by atoms with Crippen LogP contribution in [0.15, 0.2) is 60.7 Å². The van der Waals surface area contributed by atoms with E-state index in [0.29, 0.717) is 0 Å². The van der Waals surface area contributed by atoms with Gasteiger partial charge < -0.3 is 0 Å². The van der Waals surface area contributed by atoms with Gasteiger partial charge in [-0.2, -0.15) is 0 Å². The van der Waals surface area contributed by atoms with E-state index >= 15 is 0 Å². The van der Waals surface area contributed by atoms with Crippen LogP contribution in [0.25, 0.3) is 0 Å². The maximum atomic E-state index is 11.9. The van der Waals surface area contributed by atoms with E-state index in [1.807, 2.05) is 27.7 Å². The fourth-order valence-corrected chi connectivity index (χ4v) is 4.10. The number of hydrogen-bond donors (Lipinski definition) is 0. The van der Waals surface area contributed by atoms with Crippen LogP contribution >= 0.6 is 0 Å². The molecule has 1 heterocycles. The van der Waals surface area contributed by atoms with Crippen LogP contribution in [0.1, 0.15) is 70.9 Å². The zero-order valence-corrected chi connectivity index (χ0v) is 19.0. The van der Waals surface area contributed by atoms with Gasteiger partial charge in [-0.3, -0.25) is 14.5 Å². The summed E-state index contributed by atoms with van der Waals surface area (Å²) >= 11 is 0. The van der Waals surface area contributed by atoms with Gasteiger partial charge in [0, 0.05) is 17.9 Å². The van der Waals surface area contributed by atoms with Crippen LogP contribution in [-0.2, 0) is 16.0 Å². The first-order valence-electron chi connectivity index (χ1n) is 11.5. The van der Waals surface area contributed by atoms with E-state index in [-0.39, 0.29) is 29.7 Å². The van der Waals surface area contributed by atoms with Crippen molar-refractivity contribution in [3.8, 4) is 0 Å². The van der Waals surface area contributed by atoms with Crippen molar-refractivity contribution >= 4 is 11.8 Å². The highest BCUT2D eigenvalue weighted by atomic mass is 16.2.